The van der Waals surface area contributed by atoms with Crippen molar-refractivity contribution in [1.82, 2.24) is 15.2 Å². The molecule has 5 nitrogen and oxygen atoms in total. The molecule has 0 fully saturated rings. The van der Waals surface area contributed by atoms with Gasteiger partial charge in [0.1, 0.15) is 5.75 Å². The molecule has 0 amide bonds. The molecule has 0 radical (unpaired) electrons. The second kappa shape index (κ2) is 5.31. The molecule has 3 N–H and O–H groups in total. The van der Waals surface area contributed by atoms with Gasteiger partial charge in [0.2, 0.25) is 0 Å². The van der Waals surface area contributed by atoms with E-state index in [1.807, 2.05) is 30.9 Å². The van der Waals surface area contributed by atoms with Gasteiger partial charge in [0.05, 0.1) is 19.3 Å². The summed E-state index contributed by atoms with van der Waals surface area (Å²) in [6.07, 6.45) is 4.67. The van der Waals surface area contributed by atoms with Crippen LogP contribution in [0.5, 0.6) is 5.75 Å². The molecule has 6 heteroatoms. The van der Waals surface area contributed by atoms with Crippen molar-refractivity contribution < 1.29 is 4.74 Å². The molecule has 0 bridgehead atoms. The topological polar surface area (TPSA) is 65.1 Å². The Labute approximate surface area is 104 Å². The average molecular weight is 252 g/mol. The molecule has 0 aliphatic heterocycles. The maximum absolute atomic E-state index is 5.60. The predicted octanol–water partition coefficient (Wildman–Crippen LogP) is 1.24. The fraction of sp³-hybridized carbons (Fsp3) is 0.364. The number of hydrazine groups is 1. The summed E-state index contributed by atoms with van der Waals surface area (Å²) in [4.78, 5) is 1.16. The van der Waals surface area contributed by atoms with Gasteiger partial charge in [-0.25, -0.2) is 0 Å². The van der Waals surface area contributed by atoms with E-state index < -0.39 is 0 Å². The van der Waals surface area contributed by atoms with Crippen molar-refractivity contribution in [3.05, 3.63) is 34.3 Å². The monoisotopic (exact) mass is 252 g/mol. The van der Waals surface area contributed by atoms with E-state index in [-0.39, 0.29) is 6.04 Å². The molecule has 0 aromatic carbocycles. The van der Waals surface area contributed by atoms with Crippen LogP contribution in [0.25, 0.3) is 0 Å². The number of aromatic nitrogens is 2. The number of rotatable bonds is 5. The lowest BCUT2D eigenvalue weighted by atomic mass is 10.1. The van der Waals surface area contributed by atoms with Crippen molar-refractivity contribution in [2.24, 2.45) is 12.9 Å². The Morgan fingerprint density at radius 3 is 3.00 bits per heavy atom. The summed E-state index contributed by atoms with van der Waals surface area (Å²) >= 11 is 1.64. The standard InChI is InChI=1S/C11H16N4OS/c1-15-6-8(5-13-15)3-10(14-12)11-4-9(16-2)7-17-11/h4-7,10,14H,3,12H2,1-2H3. The van der Waals surface area contributed by atoms with Gasteiger partial charge in [-0.05, 0) is 18.1 Å². The van der Waals surface area contributed by atoms with E-state index in [1.165, 1.54) is 0 Å². The summed E-state index contributed by atoms with van der Waals surface area (Å²) in [6, 6.07) is 2.10. The third kappa shape index (κ3) is 2.85. The van der Waals surface area contributed by atoms with Gasteiger partial charge in [-0.1, -0.05) is 0 Å². The third-order valence-corrected chi connectivity index (χ3v) is 3.60. The Balaban J connectivity index is 2.10. The number of hydrogen-bond acceptors (Lipinski definition) is 5. The molecule has 0 saturated heterocycles. The zero-order valence-corrected chi connectivity index (χ0v) is 10.7. The van der Waals surface area contributed by atoms with Gasteiger partial charge < -0.3 is 4.74 Å². The molecule has 2 heterocycles. The summed E-state index contributed by atoms with van der Waals surface area (Å²) in [7, 11) is 3.57. The van der Waals surface area contributed by atoms with Crippen molar-refractivity contribution in [3.8, 4) is 5.75 Å². The number of hydrogen-bond donors (Lipinski definition) is 2. The van der Waals surface area contributed by atoms with E-state index in [0.717, 1.165) is 22.6 Å². The third-order valence-electron chi connectivity index (χ3n) is 2.57. The second-order valence-corrected chi connectivity index (χ2v) is 4.78. The number of nitrogens with two attached hydrogens (primary N) is 1. The predicted molar refractivity (Wildman–Crippen MR) is 67.8 cm³/mol. The molecule has 17 heavy (non-hydrogen) atoms. The lowest BCUT2D eigenvalue weighted by Crippen LogP contribution is -2.28. The molecule has 1 unspecified atom stereocenters. The quantitative estimate of drug-likeness (QED) is 0.620. The largest absolute Gasteiger partial charge is 0.496 e. The second-order valence-electron chi connectivity index (χ2n) is 3.83. The van der Waals surface area contributed by atoms with E-state index in [2.05, 4.69) is 10.5 Å². The first-order valence-corrected chi connectivity index (χ1v) is 6.17. The Morgan fingerprint density at radius 2 is 2.47 bits per heavy atom. The summed E-state index contributed by atoms with van der Waals surface area (Å²) in [5.74, 6) is 6.47. The number of ether oxygens (including phenoxy) is 1. The van der Waals surface area contributed by atoms with E-state index >= 15 is 0 Å². The molecule has 0 aliphatic carbocycles. The van der Waals surface area contributed by atoms with Crippen LogP contribution < -0.4 is 16.0 Å². The molecule has 2 aromatic heterocycles. The van der Waals surface area contributed by atoms with Crippen molar-refractivity contribution in [1.29, 1.82) is 0 Å². The molecule has 2 rings (SSSR count). The Morgan fingerprint density at radius 1 is 1.65 bits per heavy atom. The van der Waals surface area contributed by atoms with Gasteiger partial charge >= 0.3 is 0 Å². The van der Waals surface area contributed by atoms with E-state index in [1.54, 1.807) is 23.1 Å². The lowest BCUT2D eigenvalue weighted by molar-refractivity contribution is 0.415. The maximum atomic E-state index is 5.60. The van der Waals surface area contributed by atoms with Crippen LogP contribution in [0.3, 0.4) is 0 Å². The minimum Gasteiger partial charge on any atom is -0.496 e. The highest BCUT2D eigenvalue weighted by Gasteiger charge is 2.14. The molecule has 0 spiro atoms. The van der Waals surface area contributed by atoms with E-state index in [4.69, 9.17) is 10.6 Å². The maximum Gasteiger partial charge on any atom is 0.129 e. The fourth-order valence-electron chi connectivity index (χ4n) is 1.68. The molecule has 92 valence electrons. The lowest BCUT2D eigenvalue weighted by Gasteiger charge is -2.12. The zero-order valence-electron chi connectivity index (χ0n) is 9.88. The van der Waals surface area contributed by atoms with Gasteiger partial charge in [-0.3, -0.25) is 16.0 Å². The van der Waals surface area contributed by atoms with Crippen LogP contribution >= 0.6 is 11.3 Å². The highest BCUT2D eigenvalue weighted by atomic mass is 32.1. The number of methoxy groups -OCH3 is 1. The Kier molecular flexibility index (Phi) is 3.78. The summed E-state index contributed by atoms with van der Waals surface area (Å²) in [5, 5.41) is 6.12. The SMILES string of the molecule is COc1csc(C(Cc2cnn(C)c2)NN)c1. The van der Waals surface area contributed by atoms with Crippen molar-refractivity contribution in [2.45, 2.75) is 12.5 Å². The Hall–Kier alpha value is -1.37. The van der Waals surface area contributed by atoms with Crippen molar-refractivity contribution >= 4 is 11.3 Å². The summed E-state index contributed by atoms with van der Waals surface area (Å²) in [5.41, 5.74) is 3.99. The fourth-order valence-corrected chi connectivity index (χ4v) is 2.60. The Bertz CT molecular complexity index is 479. The molecular weight excluding hydrogens is 236 g/mol. The minimum atomic E-state index is 0.0908. The number of aryl methyl sites for hydroxylation is 1. The van der Waals surface area contributed by atoms with E-state index in [9.17, 15) is 0 Å². The summed E-state index contributed by atoms with van der Waals surface area (Å²) in [6.45, 7) is 0. The highest BCUT2D eigenvalue weighted by molar-refractivity contribution is 7.10. The van der Waals surface area contributed by atoms with Crippen LogP contribution in [0.15, 0.2) is 23.8 Å². The summed E-state index contributed by atoms with van der Waals surface area (Å²) < 4.78 is 6.96. The van der Waals surface area contributed by atoms with Gasteiger partial charge in [0.25, 0.3) is 0 Å². The first-order valence-electron chi connectivity index (χ1n) is 5.29. The molecule has 1 atom stereocenters. The van der Waals surface area contributed by atoms with Crippen LogP contribution in [0.2, 0.25) is 0 Å². The van der Waals surface area contributed by atoms with Crippen LogP contribution in [0, 0.1) is 0 Å². The minimum absolute atomic E-state index is 0.0908. The zero-order chi connectivity index (χ0) is 12.3. The van der Waals surface area contributed by atoms with Crippen LogP contribution in [-0.2, 0) is 13.5 Å². The van der Waals surface area contributed by atoms with Gasteiger partial charge in [0, 0.05) is 23.5 Å². The number of nitrogens with zero attached hydrogens (tertiary/aromatic N) is 2. The van der Waals surface area contributed by atoms with Crippen LogP contribution in [0.4, 0.5) is 0 Å². The average Bonchev–Trinajstić information content (AvgIpc) is 2.94. The van der Waals surface area contributed by atoms with Crippen LogP contribution in [0.1, 0.15) is 16.5 Å². The highest BCUT2D eigenvalue weighted by Crippen LogP contribution is 2.28. The van der Waals surface area contributed by atoms with Crippen molar-refractivity contribution in [2.75, 3.05) is 7.11 Å². The van der Waals surface area contributed by atoms with Gasteiger partial charge in [-0.15, -0.1) is 11.3 Å². The van der Waals surface area contributed by atoms with E-state index in [0.29, 0.717) is 0 Å². The van der Waals surface area contributed by atoms with Crippen LogP contribution in [-0.4, -0.2) is 16.9 Å². The molecular formula is C11H16N4OS. The smallest absolute Gasteiger partial charge is 0.129 e. The normalized spacial score (nSPS) is 12.6. The number of thiophene rings is 1. The van der Waals surface area contributed by atoms with Crippen molar-refractivity contribution in [3.63, 3.8) is 0 Å². The molecule has 2 aromatic rings. The molecule has 0 saturated carbocycles. The molecule has 0 aliphatic rings. The number of nitrogens with one attached hydrogen (secondary N) is 1. The first-order chi connectivity index (χ1) is 8.22. The first kappa shape index (κ1) is 12.1. The van der Waals surface area contributed by atoms with Gasteiger partial charge in [-0.2, -0.15) is 5.10 Å². The van der Waals surface area contributed by atoms with Gasteiger partial charge in [0.15, 0.2) is 0 Å².